The van der Waals surface area contributed by atoms with Crippen molar-refractivity contribution in [2.75, 3.05) is 29.9 Å². The van der Waals surface area contributed by atoms with Gasteiger partial charge in [0.2, 0.25) is 5.91 Å². The van der Waals surface area contributed by atoms with E-state index in [1.165, 1.54) is 25.7 Å². The van der Waals surface area contributed by atoms with Gasteiger partial charge in [0, 0.05) is 30.9 Å². The SMILES string of the molecule is Cl.Cl.O=C(Nc1cccc(N2CCCCCC2)c1)C1CC(F)(F)CN1. The van der Waals surface area contributed by atoms with Crippen molar-refractivity contribution in [3.63, 3.8) is 0 Å². The lowest BCUT2D eigenvalue weighted by molar-refractivity contribution is -0.118. The topological polar surface area (TPSA) is 44.4 Å². The second-order valence-electron chi connectivity index (χ2n) is 6.43. The molecule has 0 aliphatic carbocycles. The molecule has 1 amide bonds. The Morgan fingerprint density at radius 3 is 2.44 bits per heavy atom. The molecule has 2 N–H and O–H groups in total. The van der Waals surface area contributed by atoms with Crippen molar-refractivity contribution in [1.82, 2.24) is 5.32 Å². The van der Waals surface area contributed by atoms with Gasteiger partial charge in [-0.2, -0.15) is 0 Å². The van der Waals surface area contributed by atoms with Crippen molar-refractivity contribution in [2.45, 2.75) is 44.1 Å². The van der Waals surface area contributed by atoms with Gasteiger partial charge in [-0.25, -0.2) is 8.78 Å². The Balaban J connectivity index is 0.00000156. The van der Waals surface area contributed by atoms with Crippen LogP contribution < -0.4 is 15.5 Å². The zero-order valence-corrected chi connectivity index (χ0v) is 15.6. The van der Waals surface area contributed by atoms with E-state index in [1.807, 2.05) is 18.2 Å². The third-order valence-electron chi connectivity index (χ3n) is 4.51. The van der Waals surface area contributed by atoms with Gasteiger partial charge in [0.25, 0.3) is 5.92 Å². The summed E-state index contributed by atoms with van der Waals surface area (Å²) in [6.45, 7) is 1.61. The monoisotopic (exact) mass is 395 g/mol. The van der Waals surface area contributed by atoms with Crippen LogP contribution in [-0.4, -0.2) is 37.5 Å². The number of amides is 1. The number of nitrogens with zero attached hydrogens (tertiary/aromatic N) is 1. The highest BCUT2D eigenvalue weighted by Crippen LogP contribution is 2.27. The lowest BCUT2D eigenvalue weighted by atomic mass is 10.1. The van der Waals surface area contributed by atoms with Gasteiger partial charge in [-0.1, -0.05) is 18.9 Å². The number of hydrogen-bond donors (Lipinski definition) is 2. The fourth-order valence-electron chi connectivity index (χ4n) is 3.24. The quantitative estimate of drug-likeness (QED) is 0.816. The summed E-state index contributed by atoms with van der Waals surface area (Å²) in [6.07, 6.45) is 4.43. The fraction of sp³-hybridized carbons (Fsp3) is 0.588. The number of alkyl halides is 2. The molecule has 0 bridgehead atoms. The Kier molecular flexibility index (Phi) is 8.38. The standard InChI is InChI=1S/C17H23F2N3O.2ClH/c18-17(19)11-15(20-12-17)16(23)21-13-6-5-7-14(10-13)22-8-3-1-2-4-9-22;;/h5-7,10,15,20H,1-4,8-9,11-12H2,(H,21,23);2*1H. The fourth-order valence-corrected chi connectivity index (χ4v) is 3.24. The van der Waals surface area contributed by atoms with Crippen LogP contribution in [0.1, 0.15) is 32.1 Å². The van der Waals surface area contributed by atoms with Gasteiger partial charge in [0.1, 0.15) is 0 Å². The van der Waals surface area contributed by atoms with Crippen molar-refractivity contribution in [3.05, 3.63) is 24.3 Å². The summed E-state index contributed by atoms with van der Waals surface area (Å²) in [5.41, 5.74) is 1.74. The van der Waals surface area contributed by atoms with Crippen LogP contribution in [0.15, 0.2) is 24.3 Å². The maximum atomic E-state index is 13.2. The highest BCUT2D eigenvalue weighted by atomic mass is 35.5. The highest BCUT2D eigenvalue weighted by Gasteiger charge is 2.42. The molecular weight excluding hydrogens is 371 g/mol. The summed E-state index contributed by atoms with van der Waals surface area (Å²) in [4.78, 5) is 14.4. The molecule has 25 heavy (non-hydrogen) atoms. The molecule has 2 fully saturated rings. The smallest absolute Gasteiger partial charge is 0.262 e. The van der Waals surface area contributed by atoms with Gasteiger partial charge in [0.05, 0.1) is 12.6 Å². The molecule has 0 aromatic heterocycles. The molecule has 1 aromatic carbocycles. The third kappa shape index (κ3) is 5.97. The number of hydrogen-bond acceptors (Lipinski definition) is 3. The second-order valence-corrected chi connectivity index (χ2v) is 6.43. The maximum absolute atomic E-state index is 13.2. The van der Waals surface area contributed by atoms with Gasteiger partial charge in [-0.05, 0) is 31.0 Å². The molecule has 1 unspecified atom stereocenters. The Labute approximate surface area is 159 Å². The average molecular weight is 396 g/mol. The minimum Gasteiger partial charge on any atom is -0.371 e. The first-order chi connectivity index (χ1) is 11.0. The van der Waals surface area contributed by atoms with Crippen molar-refractivity contribution in [3.8, 4) is 0 Å². The van der Waals surface area contributed by atoms with E-state index in [0.29, 0.717) is 5.69 Å². The third-order valence-corrected chi connectivity index (χ3v) is 4.51. The van der Waals surface area contributed by atoms with Crippen molar-refractivity contribution >= 4 is 42.1 Å². The first-order valence-corrected chi connectivity index (χ1v) is 8.31. The number of nitrogens with one attached hydrogen (secondary N) is 2. The summed E-state index contributed by atoms with van der Waals surface area (Å²) in [6, 6.07) is 6.82. The molecule has 0 saturated carbocycles. The molecule has 0 spiro atoms. The predicted octanol–water partition coefficient (Wildman–Crippen LogP) is 3.85. The van der Waals surface area contributed by atoms with Crippen LogP contribution in [0.2, 0.25) is 0 Å². The van der Waals surface area contributed by atoms with Crippen LogP contribution in [0, 0.1) is 0 Å². The van der Waals surface area contributed by atoms with Crippen molar-refractivity contribution in [1.29, 1.82) is 0 Å². The van der Waals surface area contributed by atoms with E-state index in [1.54, 1.807) is 6.07 Å². The zero-order valence-electron chi connectivity index (χ0n) is 14.0. The first kappa shape index (κ1) is 21.9. The van der Waals surface area contributed by atoms with Gasteiger partial charge in [0.15, 0.2) is 0 Å². The van der Waals surface area contributed by atoms with Crippen LogP contribution in [0.3, 0.4) is 0 Å². The van der Waals surface area contributed by atoms with E-state index in [0.717, 1.165) is 18.8 Å². The number of halogens is 4. The lowest BCUT2D eigenvalue weighted by Crippen LogP contribution is -2.35. The second kappa shape index (κ2) is 9.55. The Morgan fingerprint density at radius 1 is 1.16 bits per heavy atom. The lowest BCUT2D eigenvalue weighted by Gasteiger charge is -2.23. The van der Waals surface area contributed by atoms with Gasteiger partial charge < -0.3 is 10.2 Å². The molecular formula is C17H25Cl2F2N3O. The van der Waals surface area contributed by atoms with E-state index < -0.39 is 30.8 Å². The summed E-state index contributed by atoms with van der Waals surface area (Å²) in [7, 11) is 0. The summed E-state index contributed by atoms with van der Waals surface area (Å²) < 4.78 is 26.4. The number of carbonyl (C=O) groups excluding carboxylic acids is 1. The normalized spacial score (nSPS) is 22.3. The Bertz CT molecular complexity index is 567. The molecule has 2 aliphatic rings. The van der Waals surface area contributed by atoms with E-state index in [-0.39, 0.29) is 24.8 Å². The van der Waals surface area contributed by atoms with Gasteiger partial charge in [-0.3, -0.25) is 10.1 Å². The molecule has 2 heterocycles. The van der Waals surface area contributed by atoms with E-state index in [9.17, 15) is 13.6 Å². The van der Waals surface area contributed by atoms with Crippen LogP contribution in [0.25, 0.3) is 0 Å². The minimum atomic E-state index is -2.80. The average Bonchev–Trinajstić information content (AvgIpc) is 2.74. The zero-order chi connectivity index (χ0) is 16.3. The molecule has 142 valence electrons. The molecule has 1 aromatic rings. The number of carbonyl (C=O) groups is 1. The summed E-state index contributed by atoms with van der Waals surface area (Å²) >= 11 is 0. The number of benzene rings is 1. The predicted molar refractivity (Wildman–Crippen MR) is 102 cm³/mol. The molecule has 2 aliphatic heterocycles. The molecule has 0 radical (unpaired) electrons. The Hall–Kier alpha value is -1.11. The summed E-state index contributed by atoms with van der Waals surface area (Å²) in [5.74, 6) is -3.19. The maximum Gasteiger partial charge on any atom is 0.262 e. The Morgan fingerprint density at radius 2 is 1.84 bits per heavy atom. The van der Waals surface area contributed by atoms with Crippen LogP contribution in [0.4, 0.5) is 20.2 Å². The molecule has 4 nitrogen and oxygen atoms in total. The van der Waals surface area contributed by atoms with E-state index in [2.05, 4.69) is 15.5 Å². The van der Waals surface area contributed by atoms with Crippen LogP contribution in [0.5, 0.6) is 0 Å². The van der Waals surface area contributed by atoms with Crippen LogP contribution in [-0.2, 0) is 4.79 Å². The van der Waals surface area contributed by atoms with Crippen molar-refractivity contribution in [2.24, 2.45) is 0 Å². The van der Waals surface area contributed by atoms with Crippen molar-refractivity contribution < 1.29 is 13.6 Å². The van der Waals surface area contributed by atoms with Crippen LogP contribution >= 0.6 is 24.8 Å². The van der Waals surface area contributed by atoms with Gasteiger partial charge in [-0.15, -0.1) is 24.8 Å². The van der Waals surface area contributed by atoms with E-state index in [4.69, 9.17) is 0 Å². The van der Waals surface area contributed by atoms with Gasteiger partial charge >= 0.3 is 0 Å². The summed E-state index contributed by atoms with van der Waals surface area (Å²) in [5, 5.41) is 5.34. The minimum absolute atomic E-state index is 0. The number of anilines is 2. The van der Waals surface area contributed by atoms with E-state index >= 15 is 0 Å². The molecule has 2 saturated heterocycles. The molecule has 1 atom stereocenters. The first-order valence-electron chi connectivity index (χ1n) is 8.31. The number of rotatable bonds is 3. The largest absolute Gasteiger partial charge is 0.371 e. The highest BCUT2D eigenvalue weighted by molar-refractivity contribution is 5.95. The molecule has 8 heteroatoms. The molecule has 3 rings (SSSR count).